The number of hydrogen-bond acceptors (Lipinski definition) is 2. The number of amides is 2. The Bertz CT molecular complexity index is 378. The topological polar surface area (TPSA) is 78.4 Å². The number of rotatable bonds is 5. The summed E-state index contributed by atoms with van der Waals surface area (Å²) >= 11 is 0. The number of carboxylic acids is 1. The highest BCUT2D eigenvalue weighted by molar-refractivity contribution is 5.77. The van der Waals surface area contributed by atoms with Crippen LogP contribution in [0.2, 0.25) is 0 Å². The Labute approximate surface area is 126 Å². The smallest absolute Gasteiger partial charge is 0.315 e. The monoisotopic (exact) mass is 296 g/mol. The van der Waals surface area contributed by atoms with E-state index in [1.165, 1.54) is 19.3 Å². The summed E-state index contributed by atoms with van der Waals surface area (Å²) in [5, 5.41) is 15.2. The first-order valence-corrected chi connectivity index (χ1v) is 8.35. The van der Waals surface area contributed by atoms with Crippen molar-refractivity contribution in [3.63, 3.8) is 0 Å². The quantitative estimate of drug-likeness (QED) is 0.729. The molecule has 2 aliphatic carbocycles. The fourth-order valence-corrected chi connectivity index (χ4v) is 4.02. The Kier molecular flexibility index (Phi) is 5.48. The average molecular weight is 296 g/mol. The lowest BCUT2D eigenvalue weighted by molar-refractivity contribution is -0.138. The van der Waals surface area contributed by atoms with E-state index in [1.54, 1.807) is 0 Å². The summed E-state index contributed by atoms with van der Waals surface area (Å²) in [7, 11) is 0. The molecule has 0 saturated heterocycles. The molecule has 0 aromatic carbocycles. The van der Waals surface area contributed by atoms with Crippen LogP contribution in [0.1, 0.15) is 71.1 Å². The molecule has 21 heavy (non-hydrogen) atoms. The van der Waals surface area contributed by atoms with Crippen LogP contribution in [-0.4, -0.2) is 28.7 Å². The van der Waals surface area contributed by atoms with E-state index in [-0.39, 0.29) is 18.5 Å². The van der Waals surface area contributed by atoms with Gasteiger partial charge in [-0.15, -0.1) is 0 Å². The second-order valence-corrected chi connectivity index (χ2v) is 6.72. The third-order valence-electron chi connectivity index (χ3n) is 5.18. The van der Waals surface area contributed by atoms with E-state index in [2.05, 4.69) is 17.6 Å². The van der Waals surface area contributed by atoms with Gasteiger partial charge in [-0.1, -0.05) is 39.0 Å². The van der Waals surface area contributed by atoms with Gasteiger partial charge in [0.15, 0.2) is 0 Å². The molecule has 2 atom stereocenters. The standard InChI is InChI=1S/C16H28N2O3/c1-2-12-7-3-4-8-13(12)17-15(21)18-16(11-14(19)20)9-5-6-10-16/h12-13H,2-11H2,1H3,(H,19,20)(H2,17,18,21). The summed E-state index contributed by atoms with van der Waals surface area (Å²) in [6.45, 7) is 2.17. The molecular formula is C16H28N2O3. The minimum atomic E-state index is -0.832. The maximum Gasteiger partial charge on any atom is 0.315 e. The van der Waals surface area contributed by atoms with Crippen LogP contribution in [0, 0.1) is 5.92 Å². The zero-order valence-electron chi connectivity index (χ0n) is 13.0. The van der Waals surface area contributed by atoms with Crippen molar-refractivity contribution in [2.45, 2.75) is 82.7 Å². The fourth-order valence-electron chi connectivity index (χ4n) is 4.02. The first-order chi connectivity index (χ1) is 10.0. The summed E-state index contributed by atoms with van der Waals surface area (Å²) in [6.07, 6.45) is 9.29. The van der Waals surface area contributed by atoms with Crippen LogP contribution in [0.3, 0.4) is 0 Å². The zero-order chi connectivity index (χ0) is 15.3. The van der Waals surface area contributed by atoms with Crippen LogP contribution in [0.5, 0.6) is 0 Å². The largest absolute Gasteiger partial charge is 0.481 e. The minimum absolute atomic E-state index is 0.0301. The minimum Gasteiger partial charge on any atom is -0.481 e. The Morgan fingerprint density at radius 1 is 1.14 bits per heavy atom. The van der Waals surface area contributed by atoms with Crippen molar-refractivity contribution < 1.29 is 14.7 Å². The Morgan fingerprint density at radius 2 is 1.81 bits per heavy atom. The second-order valence-electron chi connectivity index (χ2n) is 6.72. The lowest BCUT2D eigenvalue weighted by Gasteiger charge is -2.34. The van der Waals surface area contributed by atoms with Crippen LogP contribution in [-0.2, 0) is 4.79 Å². The van der Waals surface area contributed by atoms with E-state index in [4.69, 9.17) is 5.11 Å². The Balaban J connectivity index is 1.91. The van der Waals surface area contributed by atoms with Crippen LogP contribution in [0.4, 0.5) is 4.79 Å². The van der Waals surface area contributed by atoms with Gasteiger partial charge < -0.3 is 15.7 Å². The highest BCUT2D eigenvalue weighted by Crippen LogP contribution is 2.33. The van der Waals surface area contributed by atoms with Gasteiger partial charge in [-0.2, -0.15) is 0 Å². The van der Waals surface area contributed by atoms with Gasteiger partial charge in [0.2, 0.25) is 0 Å². The number of carboxylic acid groups (broad SMARTS) is 1. The van der Waals surface area contributed by atoms with Crippen LogP contribution < -0.4 is 10.6 Å². The summed E-state index contributed by atoms with van der Waals surface area (Å²) in [4.78, 5) is 23.4. The van der Waals surface area contributed by atoms with Crippen molar-refractivity contribution in [3.05, 3.63) is 0 Å². The third-order valence-corrected chi connectivity index (χ3v) is 5.18. The van der Waals surface area contributed by atoms with E-state index in [1.807, 2.05) is 0 Å². The summed E-state index contributed by atoms with van der Waals surface area (Å²) in [6, 6.07) is 0.0653. The number of carbonyl (C=O) groups excluding carboxylic acids is 1. The highest BCUT2D eigenvalue weighted by atomic mass is 16.4. The van der Waals surface area contributed by atoms with E-state index in [0.29, 0.717) is 5.92 Å². The number of carbonyl (C=O) groups is 2. The molecule has 2 fully saturated rings. The third kappa shape index (κ3) is 4.35. The molecule has 5 heteroatoms. The molecule has 120 valence electrons. The molecule has 0 aliphatic heterocycles. The predicted octanol–water partition coefficient (Wildman–Crippen LogP) is 3.04. The van der Waals surface area contributed by atoms with Gasteiger partial charge in [0, 0.05) is 6.04 Å². The predicted molar refractivity (Wildman–Crippen MR) is 81.2 cm³/mol. The molecule has 0 bridgehead atoms. The molecular weight excluding hydrogens is 268 g/mol. The van der Waals surface area contributed by atoms with Crippen molar-refractivity contribution in [2.75, 3.05) is 0 Å². The Morgan fingerprint density at radius 3 is 2.43 bits per heavy atom. The van der Waals surface area contributed by atoms with Gasteiger partial charge in [0.25, 0.3) is 0 Å². The van der Waals surface area contributed by atoms with Crippen molar-refractivity contribution in [1.82, 2.24) is 10.6 Å². The SMILES string of the molecule is CCC1CCCCC1NC(=O)NC1(CC(=O)O)CCCC1. The summed E-state index contributed by atoms with van der Waals surface area (Å²) < 4.78 is 0. The van der Waals surface area contributed by atoms with E-state index in [0.717, 1.165) is 38.5 Å². The van der Waals surface area contributed by atoms with Crippen molar-refractivity contribution >= 4 is 12.0 Å². The molecule has 2 unspecified atom stereocenters. The molecule has 0 aromatic rings. The first kappa shape index (κ1) is 16.1. The maximum absolute atomic E-state index is 12.3. The van der Waals surface area contributed by atoms with Gasteiger partial charge >= 0.3 is 12.0 Å². The zero-order valence-corrected chi connectivity index (χ0v) is 13.0. The van der Waals surface area contributed by atoms with E-state index >= 15 is 0 Å². The molecule has 5 nitrogen and oxygen atoms in total. The number of nitrogens with one attached hydrogen (secondary N) is 2. The lowest BCUT2D eigenvalue weighted by atomic mass is 9.83. The lowest BCUT2D eigenvalue weighted by Crippen LogP contribution is -2.55. The fraction of sp³-hybridized carbons (Fsp3) is 0.875. The normalized spacial score (nSPS) is 28.0. The van der Waals surface area contributed by atoms with Gasteiger partial charge in [0.1, 0.15) is 0 Å². The van der Waals surface area contributed by atoms with Crippen molar-refractivity contribution in [3.8, 4) is 0 Å². The molecule has 0 heterocycles. The average Bonchev–Trinajstić information content (AvgIpc) is 2.86. The number of urea groups is 1. The number of hydrogen-bond donors (Lipinski definition) is 3. The van der Waals surface area contributed by atoms with Gasteiger partial charge in [0.05, 0.1) is 12.0 Å². The molecule has 2 amide bonds. The second kappa shape index (κ2) is 7.14. The van der Waals surface area contributed by atoms with Gasteiger partial charge in [-0.05, 0) is 31.6 Å². The Hall–Kier alpha value is -1.26. The summed E-state index contributed by atoms with van der Waals surface area (Å²) in [5.74, 6) is -0.273. The van der Waals surface area contributed by atoms with E-state index < -0.39 is 11.5 Å². The van der Waals surface area contributed by atoms with Crippen LogP contribution >= 0.6 is 0 Å². The van der Waals surface area contributed by atoms with Gasteiger partial charge in [-0.25, -0.2) is 4.79 Å². The van der Waals surface area contributed by atoms with Crippen molar-refractivity contribution in [2.24, 2.45) is 5.92 Å². The molecule has 2 aliphatic rings. The highest BCUT2D eigenvalue weighted by Gasteiger charge is 2.38. The van der Waals surface area contributed by atoms with Gasteiger partial charge in [-0.3, -0.25) is 4.79 Å². The molecule has 0 radical (unpaired) electrons. The van der Waals surface area contributed by atoms with E-state index in [9.17, 15) is 9.59 Å². The maximum atomic E-state index is 12.3. The molecule has 0 spiro atoms. The summed E-state index contributed by atoms with van der Waals surface area (Å²) in [5.41, 5.74) is -0.535. The first-order valence-electron chi connectivity index (χ1n) is 8.35. The molecule has 0 aromatic heterocycles. The molecule has 3 N–H and O–H groups in total. The van der Waals surface area contributed by atoms with Crippen LogP contribution in [0.25, 0.3) is 0 Å². The van der Waals surface area contributed by atoms with Crippen molar-refractivity contribution in [1.29, 1.82) is 0 Å². The molecule has 2 rings (SSSR count). The number of aliphatic carboxylic acids is 1. The van der Waals surface area contributed by atoms with Crippen LogP contribution in [0.15, 0.2) is 0 Å². The molecule has 2 saturated carbocycles.